The molecule has 0 fully saturated rings. The molecule has 0 atom stereocenters. The third kappa shape index (κ3) is 3.00. The van der Waals surface area contributed by atoms with Crippen LogP contribution in [0.3, 0.4) is 0 Å². The minimum Gasteiger partial charge on any atom is -0.456 e. The number of para-hydroxylation sites is 1. The Morgan fingerprint density at radius 1 is 0.579 bits per heavy atom. The van der Waals surface area contributed by atoms with Crippen LogP contribution in [0.4, 0.5) is 0 Å². The second-order valence-corrected chi connectivity index (χ2v) is 16.5. The Balaban J connectivity index is 1.40. The second kappa shape index (κ2) is 7.59. The predicted molar refractivity (Wildman–Crippen MR) is 165 cm³/mol. The van der Waals surface area contributed by atoms with E-state index < -0.39 is 8.07 Å². The predicted octanol–water partition coefficient (Wildman–Crippen LogP) is 9.49. The molecule has 2 nitrogen and oxygen atoms in total. The number of furan rings is 1. The lowest BCUT2D eigenvalue weighted by Gasteiger charge is -2.17. The van der Waals surface area contributed by atoms with E-state index >= 15 is 0 Å². The van der Waals surface area contributed by atoms with Gasteiger partial charge in [0.2, 0.25) is 0 Å². The van der Waals surface area contributed by atoms with Gasteiger partial charge in [0.1, 0.15) is 11.2 Å². The summed E-state index contributed by atoms with van der Waals surface area (Å²) in [5.41, 5.74) is 8.07. The van der Waals surface area contributed by atoms with Gasteiger partial charge in [-0.2, -0.15) is 0 Å². The Bertz CT molecular complexity index is 2160. The Labute approximate surface area is 222 Å². The van der Waals surface area contributed by atoms with E-state index in [4.69, 9.17) is 4.42 Å². The van der Waals surface area contributed by atoms with Gasteiger partial charge in [-0.1, -0.05) is 91.6 Å². The first-order valence-corrected chi connectivity index (χ1v) is 16.8. The average molecular weight is 506 g/mol. The van der Waals surface area contributed by atoms with Crippen LogP contribution in [0.1, 0.15) is 0 Å². The molecule has 0 unspecified atom stereocenters. The molecule has 38 heavy (non-hydrogen) atoms. The van der Waals surface area contributed by atoms with Crippen LogP contribution in [0.5, 0.6) is 0 Å². The van der Waals surface area contributed by atoms with Crippen molar-refractivity contribution in [2.45, 2.75) is 19.6 Å². The lowest BCUT2D eigenvalue weighted by molar-refractivity contribution is 0.669. The van der Waals surface area contributed by atoms with Crippen LogP contribution in [0, 0.1) is 0 Å². The molecule has 0 aliphatic rings. The van der Waals surface area contributed by atoms with Crippen molar-refractivity contribution in [1.82, 2.24) is 4.57 Å². The third-order valence-corrected chi connectivity index (χ3v) is 10.2. The first kappa shape index (κ1) is 21.7. The molecule has 2 aromatic heterocycles. The highest BCUT2D eigenvalue weighted by atomic mass is 28.3. The summed E-state index contributed by atoms with van der Waals surface area (Å²) in [7, 11) is -1.36. The summed E-state index contributed by atoms with van der Waals surface area (Å²) in [5.74, 6) is 0. The summed E-state index contributed by atoms with van der Waals surface area (Å²) < 4.78 is 8.54. The molecule has 6 aromatic carbocycles. The summed E-state index contributed by atoms with van der Waals surface area (Å²) in [6, 6.07) is 40.0. The highest BCUT2D eigenvalue weighted by Gasteiger charge is 2.20. The van der Waals surface area contributed by atoms with Crippen molar-refractivity contribution in [2.24, 2.45) is 0 Å². The first-order chi connectivity index (χ1) is 18.5. The molecule has 182 valence electrons. The molecule has 0 saturated heterocycles. The molecule has 0 amide bonds. The van der Waals surface area contributed by atoms with Gasteiger partial charge in [0.25, 0.3) is 0 Å². The first-order valence-electron chi connectivity index (χ1n) is 13.3. The van der Waals surface area contributed by atoms with Crippen molar-refractivity contribution in [3.63, 3.8) is 0 Å². The molecule has 8 aromatic rings. The second-order valence-electron chi connectivity index (χ2n) is 11.4. The van der Waals surface area contributed by atoms with Gasteiger partial charge in [0.05, 0.1) is 19.1 Å². The van der Waals surface area contributed by atoms with Crippen molar-refractivity contribution in [2.75, 3.05) is 0 Å². The normalized spacial score (nSPS) is 12.6. The number of rotatable bonds is 3. The molecule has 0 N–H and O–H groups in total. The quantitative estimate of drug-likeness (QED) is 0.173. The molecule has 0 spiro atoms. The van der Waals surface area contributed by atoms with E-state index in [0.29, 0.717) is 0 Å². The van der Waals surface area contributed by atoms with E-state index in [1.54, 1.807) is 0 Å². The zero-order valence-corrected chi connectivity index (χ0v) is 22.7. The lowest BCUT2D eigenvalue weighted by Crippen LogP contribution is -2.37. The highest BCUT2D eigenvalue weighted by Crippen LogP contribution is 2.43. The Kier molecular flexibility index (Phi) is 4.34. The summed E-state index contributed by atoms with van der Waals surface area (Å²) >= 11 is 0. The molecular formula is C35H27NOSi. The Hall–Kier alpha value is -4.34. The molecule has 0 radical (unpaired) electrons. The van der Waals surface area contributed by atoms with Crippen LogP contribution in [0.25, 0.3) is 71.3 Å². The summed E-state index contributed by atoms with van der Waals surface area (Å²) in [6.07, 6.45) is 0. The Morgan fingerprint density at radius 3 is 2.21 bits per heavy atom. The maximum Gasteiger partial charge on any atom is 0.135 e. The molecule has 3 heteroatoms. The van der Waals surface area contributed by atoms with Crippen LogP contribution >= 0.6 is 0 Å². The SMILES string of the molecule is C[Si](C)(C)c1ccc(-n2c3cccc4ccc5c(-c6ccc7oc8ccccc8c7c6)ccc2c5c43)cc1. The molecular weight excluding hydrogens is 478 g/mol. The standard InChI is InChI=1S/C35H27NOSi/c1-38(2,3)25-15-13-24(14-16-25)36-30-9-6-7-22-11-17-28-26(18-19-31(36)35(28)34(22)30)23-12-20-33-29(21-23)27-8-4-5-10-32(27)37-33/h4-21H,1-3H3. The molecule has 8 rings (SSSR count). The number of fused-ring (bicyclic) bond motifs is 3. The van der Waals surface area contributed by atoms with Gasteiger partial charge in [-0.25, -0.2) is 0 Å². The van der Waals surface area contributed by atoms with Gasteiger partial charge >= 0.3 is 0 Å². The van der Waals surface area contributed by atoms with Gasteiger partial charge in [-0.3, -0.25) is 0 Å². The highest BCUT2D eigenvalue weighted by molar-refractivity contribution is 6.88. The number of nitrogens with zero attached hydrogens (tertiary/aromatic N) is 1. The lowest BCUT2D eigenvalue weighted by atomic mass is 9.94. The summed E-state index contributed by atoms with van der Waals surface area (Å²) in [4.78, 5) is 0. The zero-order valence-electron chi connectivity index (χ0n) is 21.7. The monoisotopic (exact) mass is 505 g/mol. The summed E-state index contributed by atoms with van der Waals surface area (Å²) in [5, 5.41) is 9.06. The maximum absolute atomic E-state index is 6.10. The molecule has 0 aliphatic carbocycles. The zero-order chi connectivity index (χ0) is 25.6. The largest absolute Gasteiger partial charge is 0.456 e. The fraction of sp³-hybridized carbons (Fsp3) is 0.0857. The smallest absolute Gasteiger partial charge is 0.135 e. The minimum absolute atomic E-state index is 0.931. The topological polar surface area (TPSA) is 18.1 Å². The molecule has 2 heterocycles. The number of hydrogen-bond donors (Lipinski definition) is 0. The van der Waals surface area contributed by atoms with Gasteiger partial charge in [-0.05, 0) is 64.4 Å². The van der Waals surface area contributed by atoms with Crippen molar-refractivity contribution in [3.8, 4) is 16.8 Å². The van der Waals surface area contributed by atoms with Crippen LogP contribution in [-0.2, 0) is 0 Å². The minimum atomic E-state index is -1.36. The average Bonchev–Trinajstić information content (AvgIpc) is 3.47. The number of aromatic nitrogens is 1. The summed E-state index contributed by atoms with van der Waals surface area (Å²) in [6.45, 7) is 7.21. The van der Waals surface area contributed by atoms with Crippen LogP contribution in [0.2, 0.25) is 19.6 Å². The molecule has 0 bridgehead atoms. The fourth-order valence-electron chi connectivity index (χ4n) is 6.22. The van der Waals surface area contributed by atoms with Gasteiger partial charge in [0.15, 0.2) is 0 Å². The van der Waals surface area contributed by atoms with Crippen molar-refractivity contribution in [3.05, 3.63) is 109 Å². The van der Waals surface area contributed by atoms with Gasteiger partial charge in [-0.15, -0.1) is 0 Å². The number of hydrogen-bond acceptors (Lipinski definition) is 1. The Morgan fingerprint density at radius 2 is 1.37 bits per heavy atom. The van der Waals surface area contributed by atoms with Crippen LogP contribution in [0.15, 0.2) is 114 Å². The number of benzene rings is 6. The van der Waals surface area contributed by atoms with E-state index in [0.717, 1.165) is 21.9 Å². The van der Waals surface area contributed by atoms with Crippen molar-refractivity contribution < 1.29 is 4.42 Å². The fourth-order valence-corrected chi connectivity index (χ4v) is 7.39. The van der Waals surface area contributed by atoms with E-state index in [1.165, 1.54) is 54.6 Å². The van der Waals surface area contributed by atoms with Gasteiger partial charge in [0, 0.05) is 27.2 Å². The van der Waals surface area contributed by atoms with Crippen LogP contribution < -0.4 is 5.19 Å². The third-order valence-electron chi connectivity index (χ3n) is 8.14. The molecule has 0 saturated carbocycles. The van der Waals surface area contributed by atoms with E-state index in [-0.39, 0.29) is 0 Å². The maximum atomic E-state index is 6.10. The van der Waals surface area contributed by atoms with Gasteiger partial charge < -0.3 is 8.98 Å². The van der Waals surface area contributed by atoms with E-state index in [1.807, 2.05) is 12.1 Å². The van der Waals surface area contributed by atoms with E-state index in [2.05, 4.69) is 121 Å². The molecule has 0 aliphatic heterocycles. The van der Waals surface area contributed by atoms with Crippen molar-refractivity contribution in [1.29, 1.82) is 0 Å². The van der Waals surface area contributed by atoms with E-state index in [9.17, 15) is 0 Å². The van der Waals surface area contributed by atoms with Crippen LogP contribution in [-0.4, -0.2) is 12.6 Å². The van der Waals surface area contributed by atoms with Crippen molar-refractivity contribution >= 4 is 67.8 Å².